The normalized spacial score (nSPS) is 11.1. The van der Waals surface area contributed by atoms with Crippen LogP contribution in [-0.4, -0.2) is 21.3 Å². The number of benzene rings is 2. The number of aliphatic carboxylic acids is 1. The van der Waals surface area contributed by atoms with Crippen LogP contribution >= 0.6 is 0 Å². The third-order valence-corrected chi connectivity index (χ3v) is 3.88. The van der Waals surface area contributed by atoms with Crippen molar-refractivity contribution in [3.05, 3.63) is 71.8 Å². The average Bonchev–Trinajstić information content (AvgIpc) is 2.48. The van der Waals surface area contributed by atoms with Crippen molar-refractivity contribution in [1.29, 1.82) is 0 Å². The number of carboxylic acid groups (broad SMARTS) is 1. The SMILES string of the molecule is C=C(CC(C)(c1ccc(O)cc1)c1ccc(O)cc1)C(=O)O. The van der Waals surface area contributed by atoms with E-state index in [1.807, 2.05) is 6.92 Å². The fourth-order valence-electron chi connectivity index (χ4n) is 2.53. The van der Waals surface area contributed by atoms with Crippen molar-refractivity contribution in [1.82, 2.24) is 0 Å². The molecule has 0 saturated heterocycles. The summed E-state index contributed by atoms with van der Waals surface area (Å²) in [6.45, 7) is 5.54. The van der Waals surface area contributed by atoms with Gasteiger partial charge >= 0.3 is 5.97 Å². The highest BCUT2D eigenvalue weighted by molar-refractivity contribution is 5.86. The molecule has 22 heavy (non-hydrogen) atoms. The van der Waals surface area contributed by atoms with Gasteiger partial charge in [0.2, 0.25) is 0 Å². The number of carbonyl (C=O) groups is 1. The molecule has 0 heterocycles. The molecule has 0 amide bonds. The first-order valence-electron chi connectivity index (χ1n) is 6.83. The summed E-state index contributed by atoms with van der Waals surface area (Å²) < 4.78 is 0. The van der Waals surface area contributed by atoms with Gasteiger partial charge in [-0.1, -0.05) is 37.8 Å². The first-order valence-corrected chi connectivity index (χ1v) is 6.83. The van der Waals surface area contributed by atoms with Crippen LogP contribution in [-0.2, 0) is 10.2 Å². The van der Waals surface area contributed by atoms with Gasteiger partial charge in [0.05, 0.1) is 0 Å². The minimum atomic E-state index is -1.04. The van der Waals surface area contributed by atoms with Crippen LogP contribution in [0.15, 0.2) is 60.7 Å². The number of carboxylic acids is 1. The zero-order valence-electron chi connectivity index (χ0n) is 12.3. The molecule has 4 nitrogen and oxygen atoms in total. The van der Waals surface area contributed by atoms with Gasteiger partial charge in [0.1, 0.15) is 11.5 Å². The highest BCUT2D eigenvalue weighted by atomic mass is 16.4. The van der Waals surface area contributed by atoms with Gasteiger partial charge < -0.3 is 15.3 Å². The lowest BCUT2D eigenvalue weighted by atomic mass is 9.72. The quantitative estimate of drug-likeness (QED) is 0.739. The van der Waals surface area contributed by atoms with E-state index in [1.54, 1.807) is 48.5 Å². The number of hydrogen-bond donors (Lipinski definition) is 3. The zero-order chi connectivity index (χ0) is 16.3. The van der Waals surface area contributed by atoms with Crippen LogP contribution in [0.5, 0.6) is 11.5 Å². The Morgan fingerprint density at radius 1 is 0.955 bits per heavy atom. The summed E-state index contributed by atoms with van der Waals surface area (Å²) in [4.78, 5) is 11.2. The summed E-state index contributed by atoms with van der Waals surface area (Å²) in [5.74, 6) is -0.744. The van der Waals surface area contributed by atoms with Gasteiger partial charge in [-0.2, -0.15) is 0 Å². The van der Waals surface area contributed by atoms with Gasteiger partial charge in [-0.3, -0.25) is 0 Å². The molecule has 0 fully saturated rings. The van der Waals surface area contributed by atoms with E-state index in [0.29, 0.717) is 0 Å². The summed E-state index contributed by atoms with van der Waals surface area (Å²) in [7, 11) is 0. The topological polar surface area (TPSA) is 77.8 Å². The molecule has 4 heteroatoms. The molecule has 3 N–H and O–H groups in total. The Balaban J connectivity index is 2.52. The molecule has 2 aromatic rings. The maximum atomic E-state index is 11.2. The van der Waals surface area contributed by atoms with E-state index in [4.69, 9.17) is 5.11 Å². The first kappa shape index (κ1) is 15.6. The summed E-state index contributed by atoms with van der Waals surface area (Å²) >= 11 is 0. The van der Waals surface area contributed by atoms with Crippen LogP contribution in [0.4, 0.5) is 0 Å². The standard InChI is InChI=1S/C18H18O4/c1-12(17(21)22)11-18(2,13-3-7-15(19)8-4-13)14-5-9-16(20)10-6-14/h3-10,19-20H,1,11H2,2H3,(H,21,22). The molecule has 0 aliphatic carbocycles. The van der Waals surface area contributed by atoms with Gasteiger partial charge in [-0.25, -0.2) is 4.79 Å². The molecule has 0 aromatic heterocycles. The van der Waals surface area contributed by atoms with Crippen LogP contribution in [0.3, 0.4) is 0 Å². The highest BCUT2D eigenvalue weighted by Crippen LogP contribution is 2.38. The summed E-state index contributed by atoms with van der Waals surface area (Å²) in [5, 5.41) is 28.1. The molecule has 0 aliphatic rings. The van der Waals surface area contributed by atoms with Gasteiger partial charge in [0, 0.05) is 11.0 Å². The smallest absolute Gasteiger partial charge is 0.330 e. The van der Waals surface area contributed by atoms with Crippen LogP contribution in [0, 0.1) is 0 Å². The molecular weight excluding hydrogens is 280 g/mol. The van der Waals surface area contributed by atoms with Crippen LogP contribution in [0.25, 0.3) is 0 Å². The van der Waals surface area contributed by atoms with Gasteiger partial charge in [-0.15, -0.1) is 0 Å². The molecule has 2 rings (SSSR count). The third-order valence-electron chi connectivity index (χ3n) is 3.88. The lowest BCUT2D eigenvalue weighted by molar-refractivity contribution is -0.132. The van der Waals surface area contributed by atoms with Crippen molar-refractivity contribution in [2.45, 2.75) is 18.8 Å². The average molecular weight is 298 g/mol. The van der Waals surface area contributed by atoms with Gasteiger partial charge in [-0.05, 0) is 41.8 Å². The highest BCUT2D eigenvalue weighted by Gasteiger charge is 2.31. The Kier molecular flexibility index (Phi) is 4.22. The third kappa shape index (κ3) is 3.11. The van der Waals surface area contributed by atoms with E-state index in [1.165, 1.54) is 0 Å². The first-order chi connectivity index (χ1) is 10.3. The lowest BCUT2D eigenvalue weighted by Crippen LogP contribution is -2.25. The fourth-order valence-corrected chi connectivity index (χ4v) is 2.53. The van der Waals surface area contributed by atoms with Crippen molar-refractivity contribution < 1.29 is 20.1 Å². The summed E-state index contributed by atoms with van der Waals surface area (Å²) in [6, 6.07) is 13.3. The maximum Gasteiger partial charge on any atom is 0.330 e. The Morgan fingerprint density at radius 3 is 1.64 bits per heavy atom. The maximum absolute atomic E-state index is 11.2. The number of aromatic hydroxyl groups is 2. The van der Waals surface area contributed by atoms with E-state index in [9.17, 15) is 15.0 Å². The zero-order valence-corrected chi connectivity index (χ0v) is 12.3. The Hall–Kier alpha value is -2.75. The van der Waals surface area contributed by atoms with Crippen LogP contribution in [0.1, 0.15) is 24.5 Å². The minimum absolute atomic E-state index is 0.101. The molecule has 0 aliphatic heterocycles. The van der Waals surface area contributed by atoms with E-state index in [0.717, 1.165) is 11.1 Å². The monoisotopic (exact) mass is 298 g/mol. The molecular formula is C18H18O4. The molecule has 0 saturated carbocycles. The van der Waals surface area contributed by atoms with E-state index in [-0.39, 0.29) is 23.5 Å². The molecule has 114 valence electrons. The molecule has 0 spiro atoms. The number of rotatable bonds is 5. The van der Waals surface area contributed by atoms with Crippen molar-refractivity contribution in [3.63, 3.8) is 0 Å². The molecule has 0 bridgehead atoms. The van der Waals surface area contributed by atoms with Crippen LogP contribution < -0.4 is 0 Å². The number of phenols is 2. The van der Waals surface area contributed by atoms with Gasteiger partial charge in [0.25, 0.3) is 0 Å². The lowest BCUT2D eigenvalue weighted by Gasteiger charge is -2.31. The summed E-state index contributed by atoms with van der Waals surface area (Å²) in [6.07, 6.45) is 0.220. The van der Waals surface area contributed by atoms with E-state index >= 15 is 0 Å². The number of phenolic OH excluding ortho intramolecular Hbond substituents is 2. The van der Waals surface area contributed by atoms with Crippen molar-refractivity contribution in [3.8, 4) is 11.5 Å². The minimum Gasteiger partial charge on any atom is -0.508 e. The van der Waals surface area contributed by atoms with E-state index in [2.05, 4.69) is 6.58 Å². The van der Waals surface area contributed by atoms with Gasteiger partial charge in [0.15, 0.2) is 0 Å². The van der Waals surface area contributed by atoms with Crippen LogP contribution in [0.2, 0.25) is 0 Å². The largest absolute Gasteiger partial charge is 0.508 e. The Morgan fingerprint density at radius 2 is 1.32 bits per heavy atom. The second-order valence-corrected chi connectivity index (χ2v) is 5.51. The van der Waals surface area contributed by atoms with Crippen molar-refractivity contribution in [2.24, 2.45) is 0 Å². The fraction of sp³-hybridized carbons (Fsp3) is 0.167. The van der Waals surface area contributed by atoms with Crippen molar-refractivity contribution >= 4 is 5.97 Å². The number of hydrogen-bond acceptors (Lipinski definition) is 3. The molecule has 0 radical (unpaired) electrons. The Bertz CT molecular complexity index is 639. The molecule has 0 atom stereocenters. The van der Waals surface area contributed by atoms with Crippen molar-refractivity contribution in [2.75, 3.05) is 0 Å². The predicted molar refractivity (Wildman–Crippen MR) is 84.1 cm³/mol. The summed E-state index contributed by atoms with van der Waals surface area (Å²) in [5.41, 5.74) is 1.19. The second-order valence-electron chi connectivity index (χ2n) is 5.51. The Labute approximate surface area is 129 Å². The molecule has 0 unspecified atom stereocenters. The second kappa shape index (κ2) is 5.93. The molecule has 2 aromatic carbocycles. The predicted octanol–water partition coefficient (Wildman–Crippen LogP) is 3.43. The van der Waals surface area contributed by atoms with E-state index < -0.39 is 11.4 Å².